The van der Waals surface area contributed by atoms with Crippen LogP contribution in [0.3, 0.4) is 0 Å². The maximum absolute atomic E-state index is 9.65. The molecular formula is C18H17N3O. The van der Waals surface area contributed by atoms with Gasteiger partial charge in [-0.3, -0.25) is 0 Å². The number of nitriles is 1. The van der Waals surface area contributed by atoms with Gasteiger partial charge in [0.25, 0.3) is 0 Å². The van der Waals surface area contributed by atoms with E-state index in [-0.39, 0.29) is 0 Å². The predicted octanol–water partition coefficient (Wildman–Crippen LogP) is 3.16. The van der Waals surface area contributed by atoms with Crippen LogP contribution in [0.25, 0.3) is 11.1 Å². The molecule has 0 saturated heterocycles. The maximum atomic E-state index is 9.65. The average molecular weight is 291 g/mol. The number of allylic oxidation sites excluding steroid dienone is 1. The Bertz CT molecular complexity index is 785. The first kappa shape index (κ1) is 14.0. The quantitative estimate of drug-likeness (QED) is 0.863. The van der Waals surface area contributed by atoms with Gasteiger partial charge in [0, 0.05) is 36.6 Å². The van der Waals surface area contributed by atoms with Crippen molar-refractivity contribution in [3.63, 3.8) is 0 Å². The summed E-state index contributed by atoms with van der Waals surface area (Å²) in [4.78, 5) is 2.13. The third-order valence-corrected chi connectivity index (χ3v) is 3.95. The van der Waals surface area contributed by atoms with E-state index in [1.54, 1.807) is 7.11 Å². The van der Waals surface area contributed by atoms with Crippen LogP contribution in [-0.2, 0) is 0 Å². The number of nitrogen functional groups attached to an aromatic ring is 1. The van der Waals surface area contributed by atoms with Gasteiger partial charge in [0.05, 0.1) is 12.7 Å². The highest BCUT2D eigenvalue weighted by molar-refractivity contribution is 6.04. The Labute approximate surface area is 130 Å². The zero-order valence-electron chi connectivity index (χ0n) is 12.6. The minimum absolute atomic E-state index is 0.674. The molecule has 0 spiro atoms. The van der Waals surface area contributed by atoms with Crippen molar-refractivity contribution in [1.29, 1.82) is 5.26 Å². The lowest BCUT2D eigenvalue weighted by molar-refractivity contribution is 0.415. The van der Waals surface area contributed by atoms with E-state index in [1.807, 2.05) is 49.5 Å². The standard InChI is InChI=1S/C18H17N3O/c1-21-11-17(12-3-5-13(20)6-4-12)16(10-19)15-8-7-14(22-2)9-18(15)21/h3-9H,11,20H2,1-2H3. The summed E-state index contributed by atoms with van der Waals surface area (Å²) in [5.41, 5.74) is 11.2. The first-order valence-corrected chi connectivity index (χ1v) is 7.02. The van der Waals surface area contributed by atoms with E-state index in [1.165, 1.54) is 0 Å². The molecule has 3 rings (SSSR count). The minimum atomic E-state index is 0.674. The Morgan fingerprint density at radius 3 is 2.55 bits per heavy atom. The van der Waals surface area contributed by atoms with Crippen molar-refractivity contribution in [3.8, 4) is 11.8 Å². The monoisotopic (exact) mass is 291 g/mol. The van der Waals surface area contributed by atoms with Gasteiger partial charge in [0.1, 0.15) is 11.8 Å². The van der Waals surface area contributed by atoms with Crippen LogP contribution in [0.1, 0.15) is 11.1 Å². The Morgan fingerprint density at radius 1 is 1.18 bits per heavy atom. The summed E-state index contributed by atoms with van der Waals surface area (Å²) in [6, 6.07) is 15.8. The van der Waals surface area contributed by atoms with E-state index in [0.717, 1.165) is 33.8 Å². The summed E-state index contributed by atoms with van der Waals surface area (Å²) in [5, 5.41) is 9.65. The maximum Gasteiger partial charge on any atom is 0.120 e. The molecular weight excluding hydrogens is 274 g/mol. The number of methoxy groups -OCH3 is 1. The van der Waals surface area contributed by atoms with Crippen LogP contribution in [0.15, 0.2) is 42.5 Å². The van der Waals surface area contributed by atoms with Crippen molar-refractivity contribution in [1.82, 2.24) is 0 Å². The second kappa shape index (κ2) is 5.45. The normalized spacial score (nSPS) is 13.6. The Kier molecular flexibility index (Phi) is 3.48. The Hall–Kier alpha value is -2.93. The molecule has 22 heavy (non-hydrogen) atoms. The largest absolute Gasteiger partial charge is 0.497 e. The fourth-order valence-electron chi connectivity index (χ4n) is 2.78. The topological polar surface area (TPSA) is 62.3 Å². The lowest BCUT2D eigenvalue weighted by Gasteiger charge is -2.30. The Morgan fingerprint density at radius 2 is 1.91 bits per heavy atom. The number of anilines is 2. The highest BCUT2D eigenvalue weighted by atomic mass is 16.5. The lowest BCUT2D eigenvalue weighted by atomic mass is 9.90. The fourth-order valence-corrected chi connectivity index (χ4v) is 2.78. The first-order chi connectivity index (χ1) is 10.6. The molecule has 0 unspecified atom stereocenters. The molecule has 1 aliphatic heterocycles. The van der Waals surface area contributed by atoms with Crippen LogP contribution in [0, 0.1) is 11.3 Å². The van der Waals surface area contributed by atoms with Gasteiger partial charge in [0.2, 0.25) is 0 Å². The van der Waals surface area contributed by atoms with Crippen molar-refractivity contribution in [2.24, 2.45) is 0 Å². The summed E-state index contributed by atoms with van der Waals surface area (Å²) in [5.74, 6) is 0.791. The minimum Gasteiger partial charge on any atom is -0.497 e. The van der Waals surface area contributed by atoms with Gasteiger partial charge in [-0.2, -0.15) is 5.26 Å². The first-order valence-electron chi connectivity index (χ1n) is 7.02. The lowest BCUT2D eigenvalue weighted by Crippen LogP contribution is -2.25. The van der Waals surface area contributed by atoms with Crippen LogP contribution in [0.5, 0.6) is 5.75 Å². The number of likely N-dealkylation sites (N-methyl/N-ethyl adjacent to an activating group) is 1. The van der Waals surface area contributed by atoms with E-state index in [4.69, 9.17) is 10.5 Å². The molecule has 0 amide bonds. The SMILES string of the molecule is COc1ccc2c(c1)N(C)CC(c1ccc(N)cc1)=C2C#N. The number of ether oxygens (including phenoxy) is 1. The molecule has 0 fully saturated rings. The van der Waals surface area contributed by atoms with Crippen LogP contribution < -0.4 is 15.4 Å². The van der Waals surface area contributed by atoms with Gasteiger partial charge in [-0.25, -0.2) is 0 Å². The molecule has 4 nitrogen and oxygen atoms in total. The number of nitrogens with two attached hydrogens (primary N) is 1. The molecule has 2 aromatic rings. The molecule has 0 aliphatic carbocycles. The molecule has 0 saturated carbocycles. The third kappa shape index (κ3) is 2.27. The smallest absolute Gasteiger partial charge is 0.120 e. The summed E-state index contributed by atoms with van der Waals surface area (Å²) < 4.78 is 5.28. The van der Waals surface area contributed by atoms with Crippen LogP contribution >= 0.6 is 0 Å². The van der Waals surface area contributed by atoms with Crippen molar-refractivity contribution in [2.75, 3.05) is 31.3 Å². The second-order valence-corrected chi connectivity index (χ2v) is 5.33. The molecule has 2 aromatic carbocycles. The van der Waals surface area contributed by atoms with E-state index in [0.29, 0.717) is 12.1 Å². The fraction of sp³-hybridized carbons (Fsp3) is 0.167. The zero-order chi connectivity index (χ0) is 15.7. The van der Waals surface area contributed by atoms with Crippen molar-refractivity contribution >= 4 is 22.5 Å². The average Bonchev–Trinajstić information content (AvgIpc) is 2.55. The molecule has 0 radical (unpaired) electrons. The third-order valence-electron chi connectivity index (χ3n) is 3.95. The highest BCUT2D eigenvalue weighted by Gasteiger charge is 2.23. The van der Waals surface area contributed by atoms with Gasteiger partial charge >= 0.3 is 0 Å². The highest BCUT2D eigenvalue weighted by Crippen LogP contribution is 2.39. The number of hydrogen-bond acceptors (Lipinski definition) is 4. The predicted molar refractivity (Wildman–Crippen MR) is 89.5 cm³/mol. The zero-order valence-corrected chi connectivity index (χ0v) is 12.6. The molecule has 0 bridgehead atoms. The van der Waals surface area contributed by atoms with Gasteiger partial charge < -0.3 is 15.4 Å². The van der Waals surface area contributed by atoms with Crippen molar-refractivity contribution < 1.29 is 4.74 Å². The molecule has 110 valence electrons. The molecule has 2 N–H and O–H groups in total. The molecule has 0 atom stereocenters. The summed E-state index contributed by atoms with van der Waals surface area (Å²) >= 11 is 0. The number of fused-ring (bicyclic) bond motifs is 1. The molecule has 1 aliphatic rings. The van der Waals surface area contributed by atoms with Gasteiger partial charge in [-0.15, -0.1) is 0 Å². The number of hydrogen-bond donors (Lipinski definition) is 1. The molecule has 1 heterocycles. The van der Waals surface area contributed by atoms with Crippen LogP contribution in [0.4, 0.5) is 11.4 Å². The van der Waals surface area contributed by atoms with E-state index in [2.05, 4.69) is 11.0 Å². The summed E-state index contributed by atoms with van der Waals surface area (Å²) in [6.45, 7) is 0.674. The number of rotatable bonds is 2. The number of benzene rings is 2. The van der Waals surface area contributed by atoms with E-state index < -0.39 is 0 Å². The van der Waals surface area contributed by atoms with E-state index >= 15 is 0 Å². The summed E-state index contributed by atoms with van der Waals surface area (Å²) in [7, 11) is 3.66. The van der Waals surface area contributed by atoms with Gasteiger partial charge in [0.15, 0.2) is 0 Å². The second-order valence-electron chi connectivity index (χ2n) is 5.33. The molecule has 4 heteroatoms. The van der Waals surface area contributed by atoms with Crippen molar-refractivity contribution in [2.45, 2.75) is 0 Å². The van der Waals surface area contributed by atoms with Crippen molar-refractivity contribution in [3.05, 3.63) is 53.6 Å². The van der Waals surface area contributed by atoms with E-state index in [9.17, 15) is 5.26 Å². The Balaban J connectivity index is 2.18. The van der Waals surface area contributed by atoms with Crippen LogP contribution in [0.2, 0.25) is 0 Å². The summed E-state index contributed by atoms with van der Waals surface area (Å²) in [6.07, 6.45) is 0. The molecule has 0 aromatic heterocycles. The van der Waals surface area contributed by atoms with Gasteiger partial charge in [-0.05, 0) is 35.4 Å². The van der Waals surface area contributed by atoms with Crippen LogP contribution in [-0.4, -0.2) is 20.7 Å². The number of nitrogens with zero attached hydrogens (tertiary/aromatic N) is 2. The van der Waals surface area contributed by atoms with Gasteiger partial charge in [-0.1, -0.05) is 12.1 Å².